The van der Waals surface area contributed by atoms with E-state index in [9.17, 15) is 0 Å². The van der Waals surface area contributed by atoms with Gasteiger partial charge in [0, 0.05) is 32.7 Å². The molecule has 0 aliphatic heterocycles. The van der Waals surface area contributed by atoms with Gasteiger partial charge >= 0.3 is 0 Å². The Bertz CT molecular complexity index is 2790. The van der Waals surface area contributed by atoms with Crippen LogP contribution in [0.2, 0.25) is 0 Å². The number of para-hydroxylation sites is 1. The number of fused-ring (bicyclic) bond motifs is 12. The fourth-order valence-corrected chi connectivity index (χ4v) is 7.28. The lowest BCUT2D eigenvalue weighted by molar-refractivity contribution is 0.670. The molecule has 10 rings (SSSR count). The van der Waals surface area contributed by atoms with Crippen molar-refractivity contribution in [1.82, 2.24) is 9.97 Å². The number of nitrogens with zero attached hydrogens (tertiary/aromatic N) is 2. The number of furan rings is 1. The molecule has 0 spiro atoms. The first-order chi connectivity index (χ1) is 22.3. The first-order valence-electron chi connectivity index (χ1n) is 15.3. The molecule has 0 atom stereocenters. The third-order valence-electron chi connectivity index (χ3n) is 9.29. The lowest BCUT2D eigenvalue weighted by atomic mass is 9.91. The van der Waals surface area contributed by atoms with Crippen LogP contribution in [0.3, 0.4) is 0 Å². The molecule has 0 saturated heterocycles. The molecule has 8 aromatic carbocycles. The molecule has 3 nitrogen and oxygen atoms in total. The molecule has 0 N–H and O–H groups in total. The van der Waals surface area contributed by atoms with Crippen molar-refractivity contribution in [2.45, 2.75) is 0 Å². The van der Waals surface area contributed by atoms with E-state index in [4.69, 9.17) is 14.4 Å². The third-order valence-corrected chi connectivity index (χ3v) is 9.29. The van der Waals surface area contributed by atoms with Crippen molar-refractivity contribution in [2.24, 2.45) is 0 Å². The lowest BCUT2D eigenvalue weighted by Gasteiger charge is -2.14. The number of aromatic nitrogens is 2. The van der Waals surface area contributed by atoms with Gasteiger partial charge in [0.25, 0.3) is 0 Å². The molecule has 10 aromatic rings. The van der Waals surface area contributed by atoms with Crippen LogP contribution in [0, 0.1) is 0 Å². The normalized spacial score (nSPS) is 12.0. The van der Waals surface area contributed by atoms with Crippen molar-refractivity contribution < 1.29 is 4.42 Å². The highest BCUT2D eigenvalue weighted by Gasteiger charge is 2.19. The van der Waals surface area contributed by atoms with Gasteiger partial charge in [-0.25, -0.2) is 4.98 Å². The summed E-state index contributed by atoms with van der Waals surface area (Å²) in [5.74, 6) is 0. The molecule has 208 valence electrons. The highest BCUT2D eigenvalue weighted by atomic mass is 16.3. The van der Waals surface area contributed by atoms with Crippen molar-refractivity contribution in [3.63, 3.8) is 0 Å². The number of rotatable bonds is 2. The molecule has 0 saturated carbocycles. The molecule has 2 heterocycles. The molecule has 0 unspecified atom stereocenters. The van der Waals surface area contributed by atoms with Crippen molar-refractivity contribution in [3.8, 4) is 22.4 Å². The van der Waals surface area contributed by atoms with Gasteiger partial charge in [-0.3, -0.25) is 4.98 Å². The van der Waals surface area contributed by atoms with Crippen molar-refractivity contribution in [2.75, 3.05) is 0 Å². The quantitative estimate of drug-likeness (QED) is 0.193. The summed E-state index contributed by atoms with van der Waals surface area (Å²) < 4.78 is 6.61. The van der Waals surface area contributed by atoms with E-state index in [2.05, 4.69) is 133 Å². The van der Waals surface area contributed by atoms with E-state index in [1.807, 2.05) is 12.3 Å². The van der Waals surface area contributed by atoms with Crippen LogP contribution in [0.1, 0.15) is 0 Å². The van der Waals surface area contributed by atoms with E-state index in [1.54, 1.807) is 0 Å². The second-order valence-corrected chi connectivity index (χ2v) is 11.7. The Labute approximate surface area is 258 Å². The molecular formula is C42H24N2O. The zero-order chi connectivity index (χ0) is 29.5. The first kappa shape index (κ1) is 24.4. The smallest absolute Gasteiger partial charge is 0.143 e. The predicted molar refractivity (Wildman–Crippen MR) is 188 cm³/mol. The van der Waals surface area contributed by atoms with Gasteiger partial charge in [-0.2, -0.15) is 0 Å². The summed E-state index contributed by atoms with van der Waals surface area (Å²) in [5, 5.41) is 11.6. The van der Waals surface area contributed by atoms with E-state index in [0.29, 0.717) is 0 Å². The molecule has 0 aliphatic rings. The van der Waals surface area contributed by atoms with E-state index in [1.165, 1.54) is 21.5 Å². The summed E-state index contributed by atoms with van der Waals surface area (Å²) >= 11 is 0. The SMILES string of the molecule is c1ccc2c(c1)cc(-c1ccc(-c3cnc4c5ccccc5c5ccccc5c4n3)c3ccccc13)c1oc3ccccc3c12. The molecule has 2 aromatic heterocycles. The van der Waals surface area contributed by atoms with Gasteiger partial charge in [0.05, 0.1) is 22.9 Å². The fraction of sp³-hybridized carbons (Fsp3) is 0. The van der Waals surface area contributed by atoms with Crippen LogP contribution in [0.15, 0.2) is 150 Å². The average Bonchev–Trinajstić information content (AvgIpc) is 3.51. The number of hydrogen-bond donors (Lipinski definition) is 0. The second kappa shape index (κ2) is 9.22. The maximum absolute atomic E-state index is 6.61. The largest absolute Gasteiger partial charge is 0.455 e. The van der Waals surface area contributed by atoms with E-state index < -0.39 is 0 Å². The summed E-state index contributed by atoms with van der Waals surface area (Å²) in [6.45, 7) is 0. The predicted octanol–water partition coefficient (Wildman–Crippen LogP) is 11.5. The van der Waals surface area contributed by atoms with Crippen molar-refractivity contribution in [3.05, 3.63) is 146 Å². The Balaban J connectivity index is 1.26. The monoisotopic (exact) mass is 572 g/mol. The molecular weight excluding hydrogens is 548 g/mol. The summed E-state index contributed by atoms with van der Waals surface area (Å²) in [7, 11) is 0. The summed E-state index contributed by atoms with van der Waals surface area (Å²) in [6.07, 6.45) is 1.93. The van der Waals surface area contributed by atoms with Crippen LogP contribution in [0.25, 0.3) is 98.4 Å². The minimum atomic E-state index is 0.859. The van der Waals surface area contributed by atoms with Gasteiger partial charge in [0.15, 0.2) is 0 Å². The van der Waals surface area contributed by atoms with Gasteiger partial charge in [-0.05, 0) is 50.0 Å². The lowest BCUT2D eigenvalue weighted by Crippen LogP contribution is -1.93. The van der Waals surface area contributed by atoms with Crippen LogP contribution < -0.4 is 0 Å². The van der Waals surface area contributed by atoms with Crippen LogP contribution in [0.5, 0.6) is 0 Å². The van der Waals surface area contributed by atoms with Crippen LogP contribution >= 0.6 is 0 Å². The Morgan fingerprint density at radius 2 is 0.978 bits per heavy atom. The highest BCUT2D eigenvalue weighted by Crippen LogP contribution is 2.44. The van der Waals surface area contributed by atoms with Gasteiger partial charge in [0.1, 0.15) is 11.2 Å². The van der Waals surface area contributed by atoms with Crippen LogP contribution in [-0.2, 0) is 0 Å². The van der Waals surface area contributed by atoms with Gasteiger partial charge in [-0.15, -0.1) is 0 Å². The molecule has 0 bridgehead atoms. The standard InChI is InChI=1S/C42H24N2O/c1-2-12-26-25(11-1)23-36(42-39(26)35-19-9-10-20-38(35)45-42)31-21-22-32(28-14-4-3-13-27(28)31)37-24-43-40-33-17-7-5-15-29(33)30-16-6-8-18-34(30)41(40)44-37/h1-24H. The third kappa shape index (κ3) is 3.46. The van der Waals surface area contributed by atoms with Gasteiger partial charge in [0.2, 0.25) is 0 Å². The molecule has 0 fully saturated rings. The second-order valence-electron chi connectivity index (χ2n) is 11.7. The zero-order valence-electron chi connectivity index (χ0n) is 24.2. The molecule has 0 aliphatic carbocycles. The molecule has 45 heavy (non-hydrogen) atoms. The van der Waals surface area contributed by atoms with Crippen LogP contribution in [0.4, 0.5) is 0 Å². The zero-order valence-corrected chi connectivity index (χ0v) is 24.2. The number of benzene rings is 8. The summed E-state index contributed by atoms with van der Waals surface area (Å²) in [5.41, 5.74) is 7.81. The van der Waals surface area contributed by atoms with Gasteiger partial charge in [-0.1, -0.05) is 127 Å². The Hall–Kier alpha value is -6.06. The first-order valence-corrected chi connectivity index (χ1v) is 15.3. The maximum atomic E-state index is 6.61. The number of hydrogen-bond acceptors (Lipinski definition) is 3. The van der Waals surface area contributed by atoms with Gasteiger partial charge < -0.3 is 4.42 Å². The van der Waals surface area contributed by atoms with E-state index >= 15 is 0 Å². The Morgan fingerprint density at radius 1 is 0.422 bits per heavy atom. The average molecular weight is 573 g/mol. The van der Waals surface area contributed by atoms with Crippen molar-refractivity contribution >= 4 is 76.1 Å². The molecule has 0 amide bonds. The van der Waals surface area contributed by atoms with Crippen LogP contribution in [-0.4, -0.2) is 9.97 Å². The highest BCUT2D eigenvalue weighted by molar-refractivity contribution is 6.25. The maximum Gasteiger partial charge on any atom is 0.143 e. The Morgan fingerprint density at radius 3 is 1.73 bits per heavy atom. The minimum Gasteiger partial charge on any atom is -0.455 e. The summed E-state index contributed by atoms with van der Waals surface area (Å²) in [6, 6.07) is 49.2. The minimum absolute atomic E-state index is 0.859. The fourth-order valence-electron chi connectivity index (χ4n) is 7.28. The van der Waals surface area contributed by atoms with E-state index in [0.717, 1.165) is 76.9 Å². The molecule has 0 radical (unpaired) electrons. The summed E-state index contributed by atoms with van der Waals surface area (Å²) in [4.78, 5) is 10.4. The molecule has 3 heteroatoms. The Kier molecular flexibility index (Phi) is 5.00. The topological polar surface area (TPSA) is 38.9 Å². The van der Waals surface area contributed by atoms with Crippen molar-refractivity contribution in [1.29, 1.82) is 0 Å². The van der Waals surface area contributed by atoms with E-state index in [-0.39, 0.29) is 0 Å².